The molecule has 0 amide bonds. The fraction of sp³-hybridized carbons (Fsp3) is 0.100. The van der Waals surface area contributed by atoms with Crippen LogP contribution in [0.4, 0.5) is 14.6 Å². The molecule has 16 heavy (non-hydrogen) atoms. The minimum atomic E-state index is -0.913. The summed E-state index contributed by atoms with van der Waals surface area (Å²) in [7, 11) is 0. The Morgan fingerprint density at radius 2 is 2.06 bits per heavy atom. The van der Waals surface area contributed by atoms with E-state index in [-0.39, 0.29) is 4.47 Å². The smallest absolute Gasteiger partial charge is 0.173 e. The van der Waals surface area contributed by atoms with E-state index in [9.17, 15) is 8.78 Å². The second-order valence-electron chi connectivity index (χ2n) is 3.18. The third kappa shape index (κ3) is 1.82. The standard InChI is InChI=1S/C10H7BrF2N2S/c1-4-9(14)15-10(16-4)5-2-3-6(12)8(13)7(5)11/h2-3H,14H2,1H3. The molecule has 1 aromatic heterocycles. The molecule has 0 aliphatic carbocycles. The van der Waals surface area contributed by atoms with Gasteiger partial charge in [0.05, 0.1) is 4.47 Å². The van der Waals surface area contributed by atoms with E-state index in [1.54, 1.807) is 0 Å². The van der Waals surface area contributed by atoms with Gasteiger partial charge in [0.15, 0.2) is 11.6 Å². The Morgan fingerprint density at radius 1 is 1.38 bits per heavy atom. The van der Waals surface area contributed by atoms with Crippen molar-refractivity contribution in [2.24, 2.45) is 0 Å². The molecule has 2 rings (SSSR count). The molecule has 84 valence electrons. The first kappa shape index (κ1) is 11.5. The molecule has 6 heteroatoms. The summed E-state index contributed by atoms with van der Waals surface area (Å²) >= 11 is 4.35. The van der Waals surface area contributed by atoms with Gasteiger partial charge in [0.25, 0.3) is 0 Å². The number of benzene rings is 1. The van der Waals surface area contributed by atoms with Crippen LogP contribution in [-0.2, 0) is 0 Å². The van der Waals surface area contributed by atoms with Crippen LogP contribution in [0.2, 0.25) is 0 Å². The van der Waals surface area contributed by atoms with Crippen molar-refractivity contribution in [2.75, 3.05) is 5.73 Å². The summed E-state index contributed by atoms with van der Waals surface area (Å²) < 4.78 is 26.3. The Hall–Kier alpha value is -1.01. The predicted molar refractivity (Wildman–Crippen MR) is 64.3 cm³/mol. The van der Waals surface area contributed by atoms with Crippen LogP contribution in [0.15, 0.2) is 16.6 Å². The number of halogens is 3. The lowest BCUT2D eigenvalue weighted by Crippen LogP contribution is -1.90. The maximum Gasteiger partial charge on any atom is 0.173 e. The molecule has 0 aliphatic heterocycles. The molecule has 1 heterocycles. The Balaban J connectivity index is 2.61. The summed E-state index contributed by atoms with van der Waals surface area (Å²) in [6, 6.07) is 2.54. The summed E-state index contributed by atoms with van der Waals surface area (Å²) in [5.74, 6) is -1.39. The number of rotatable bonds is 1. The van der Waals surface area contributed by atoms with E-state index >= 15 is 0 Å². The van der Waals surface area contributed by atoms with E-state index in [1.807, 2.05) is 6.92 Å². The van der Waals surface area contributed by atoms with Gasteiger partial charge in [0.1, 0.15) is 10.8 Å². The number of aromatic nitrogens is 1. The lowest BCUT2D eigenvalue weighted by molar-refractivity contribution is 0.505. The Kier molecular flexibility index (Phi) is 2.94. The predicted octanol–water partition coefficient (Wildman–Crippen LogP) is 3.74. The summed E-state index contributed by atoms with van der Waals surface area (Å²) in [6.07, 6.45) is 0. The first-order valence-electron chi connectivity index (χ1n) is 4.37. The normalized spacial score (nSPS) is 10.8. The number of anilines is 1. The largest absolute Gasteiger partial charge is 0.383 e. The lowest BCUT2D eigenvalue weighted by atomic mass is 10.2. The summed E-state index contributed by atoms with van der Waals surface area (Å²) in [5.41, 5.74) is 6.12. The van der Waals surface area contributed by atoms with E-state index in [0.29, 0.717) is 16.4 Å². The van der Waals surface area contributed by atoms with Gasteiger partial charge in [-0.2, -0.15) is 0 Å². The minimum Gasteiger partial charge on any atom is -0.383 e. The van der Waals surface area contributed by atoms with E-state index in [0.717, 1.165) is 10.9 Å². The molecular weight excluding hydrogens is 298 g/mol. The SMILES string of the molecule is Cc1sc(-c2ccc(F)c(F)c2Br)nc1N. The van der Waals surface area contributed by atoms with Crippen molar-refractivity contribution in [3.05, 3.63) is 33.1 Å². The molecule has 0 aliphatic rings. The molecule has 2 N–H and O–H groups in total. The van der Waals surface area contributed by atoms with Gasteiger partial charge in [-0.25, -0.2) is 13.8 Å². The Morgan fingerprint density at radius 3 is 2.62 bits per heavy atom. The maximum atomic E-state index is 13.3. The minimum absolute atomic E-state index is 0.0706. The second-order valence-corrected chi connectivity index (χ2v) is 5.18. The second kappa shape index (κ2) is 4.10. The van der Waals surface area contributed by atoms with Crippen molar-refractivity contribution in [1.82, 2.24) is 4.98 Å². The van der Waals surface area contributed by atoms with Crippen molar-refractivity contribution in [3.8, 4) is 10.6 Å². The molecule has 0 bridgehead atoms. The molecule has 2 nitrogen and oxygen atoms in total. The molecule has 0 saturated carbocycles. The van der Waals surface area contributed by atoms with E-state index in [4.69, 9.17) is 5.73 Å². The average molecular weight is 305 g/mol. The van der Waals surface area contributed by atoms with Gasteiger partial charge in [-0.15, -0.1) is 11.3 Å². The summed E-state index contributed by atoms with van der Waals surface area (Å²) in [6.45, 7) is 1.82. The van der Waals surface area contributed by atoms with Crippen LogP contribution in [0.1, 0.15) is 4.88 Å². The summed E-state index contributed by atoms with van der Waals surface area (Å²) in [4.78, 5) is 4.94. The van der Waals surface area contributed by atoms with E-state index in [1.165, 1.54) is 17.4 Å². The highest BCUT2D eigenvalue weighted by Crippen LogP contribution is 2.35. The highest BCUT2D eigenvalue weighted by atomic mass is 79.9. The monoisotopic (exact) mass is 304 g/mol. The van der Waals surface area contributed by atoms with Crippen LogP contribution in [0.25, 0.3) is 10.6 Å². The fourth-order valence-electron chi connectivity index (χ4n) is 1.21. The number of hydrogen-bond acceptors (Lipinski definition) is 3. The van der Waals surface area contributed by atoms with Crippen LogP contribution >= 0.6 is 27.3 Å². The quantitative estimate of drug-likeness (QED) is 0.815. The third-order valence-electron chi connectivity index (χ3n) is 2.10. The molecule has 0 saturated heterocycles. The van der Waals surface area contributed by atoms with Gasteiger partial charge >= 0.3 is 0 Å². The van der Waals surface area contributed by atoms with Crippen LogP contribution in [0.3, 0.4) is 0 Å². The van der Waals surface area contributed by atoms with Gasteiger partial charge in [0, 0.05) is 10.4 Å². The van der Waals surface area contributed by atoms with Gasteiger partial charge in [-0.1, -0.05) is 0 Å². The fourth-order valence-corrected chi connectivity index (χ4v) is 2.72. The third-order valence-corrected chi connectivity index (χ3v) is 3.89. The summed E-state index contributed by atoms with van der Waals surface area (Å²) in [5, 5.41) is 0.570. The molecule has 0 atom stereocenters. The maximum absolute atomic E-state index is 13.3. The number of hydrogen-bond donors (Lipinski definition) is 1. The Bertz CT molecular complexity index is 534. The highest BCUT2D eigenvalue weighted by molar-refractivity contribution is 9.10. The number of thiazole rings is 1. The van der Waals surface area contributed by atoms with Gasteiger partial charge in [-0.3, -0.25) is 0 Å². The number of aryl methyl sites for hydroxylation is 1. The average Bonchev–Trinajstić information content (AvgIpc) is 2.56. The topological polar surface area (TPSA) is 38.9 Å². The molecule has 0 unspecified atom stereocenters. The number of nitrogens with two attached hydrogens (primary N) is 1. The van der Waals surface area contributed by atoms with Crippen molar-refractivity contribution in [3.63, 3.8) is 0 Å². The van der Waals surface area contributed by atoms with Gasteiger partial charge in [-0.05, 0) is 35.0 Å². The van der Waals surface area contributed by atoms with E-state index < -0.39 is 11.6 Å². The molecular formula is C10H7BrF2N2S. The van der Waals surface area contributed by atoms with Gasteiger partial charge < -0.3 is 5.73 Å². The highest BCUT2D eigenvalue weighted by Gasteiger charge is 2.15. The number of nitrogens with zero attached hydrogens (tertiary/aromatic N) is 1. The van der Waals surface area contributed by atoms with Crippen LogP contribution in [-0.4, -0.2) is 4.98 Å². The van der Waals surface area contributed by atoms with Crippen LogP contribution in [0.5, 0.6) is 0 Å². The van der Waals surface area contributed by atoms with Crippen molar-refractivity contribution >= 4 is 33.1 Å². The van der Waals surface area contributed by atoms with Crippen molar-refractivity contribution in [1.29, 1.82) is 0 Å². The molecule has 0 spiro atoms. The first-order chi connectivity index (χ1) is 7.50. The molecule has 0 radical (unpaired) electrons. The Labute approximate surface area is 103 Å². The zero-order valence-electron chi connectivity index (χ0n) is 8.22. The zero-order valence-corrected chi connectivity index (χ0v) is 10.6. The van der Waals surface area contributed by atoms with Crippen molar-refractivity contribution in [2.45, 2.75) is 6.92 Å². The zero-order chi connectivity index (χ0) is 11.9. The number of nitrogen functional groups attached to an aromatic ring is 1. The molecule has 0 fully saturated rings. The first-order valence-corrected chi connectivity index (χ1v) is 5.98. The lowest BCUT2D eigenvalue weighted by Gasteiger charge is -2.02. The molecule has 1 aromatic carbocycles. The van der Waals surface area contributed by atoms with Crippen LogP contribution in [0, 0.1) is 18.6 Å². The van der Waals surface area contributed by atoms with Gasteiger partial charge in [0.2, 0.25) is 0 Å². The van der Waals surface area contributed by atoms with Crippen molar-refractivity contribution < 1.29 is 8.78 Å². The van der Waals surface area contributed by atoms with Crippen LogP contribution < -0.4 is 5.73 Å². The molecule has 2 aromatic rings. The van der Waals surface area contributed by atoms with E-state index in [2.05, 4.69) is 20.9 Å².